The van der Waals surface area contributed by atoms with Gasteiger partial charge >= 0.3 is 0 Å². The second kappa shape index (κ2) is 4.76. The van der Waals surface area contributed by atoms with E-state index in [2.05, 4.69) is 11.4 Å². The van der Waals surface area contributed by atoms with Crippen LogP contribution in [0.3, 0.4) is 0 Å². The van der Waals surface area contributed by atoms with Gasteiger partial charge in [0.1, 0.15) is 18.1 Å². The molecular weight excluding hydrogens is 228 g/mol. The number of carbonyl (C=O) groups is 1. The predicted octanol–water partition coefficient (Wildman–Crippen LogP) is 3.02. The number of amides is 1. The van der Waals surface area contributed by atoms with Gasteiger partial charge in [-0.1, -0.05) is 12.1 Å². The van der Waals surface area contributed by atoms with Crippen LogP contribution in [-0.4, -0.2) is 5.91 Å². The first-order chi connectivity index (χ1) is 8.61. The zero-order valence-corrected chi connectivity index (χ0v) is 10.2. The summed E-state index contributed by atoms with van der Waals surface area (Å²) in [4.78, 5) is 11.9. The monoisotopic (exact) mass is 240 g/mol. The van der Waals surface area contributed by atoms with E-state index in [1.54, 1.807) is 25.1 Å². The smallest absolute Gasteiger partial charge is 0.258 e. The molecule has 0 aliphatic heterocycles. The van der Waals surface area contributed by atoms with Gasteiger partial charge in [-0.25, -0.2) is 0 Å². The molecular formula is C14H12N2O2. The first-order valence-corrected chi connectivity index (χ1v) is 5.48. The molecule has 1 N–H and O–H groups in total. The molecule has 0 aliphatic rings. The molecule has 4 heteroatoms. The Balaban J connectivity index is 2.28. The minimum absolute atomic E-state index is 0.283. The lowest BCUT2D eigenvalue weighted by molar-refractivity contribution is 0.102. The van der Waals surface area contributed by atoms with Crippen LogP contribution in [0, 0.1) is 25.2 Å². The van der Waals surface area contributed by atoms with Crippen LogP contribution >= 0.6 is 0 Å². The number of nitrogens with one attached hydrogen (secondary N) is 1. The van der Waals surface area contributed by atoms with Crippen LogP contribution in [0.1, 0.15) is 27.2 Å². The molecule has 0 spiro atoms. The molecule has 2 aromatic rings. The third-order valence-corrected chi connectivity index (χ3v) is 2.63. The summed E-state index contributed by atoms with van der Waals surface area (Å²) < 4.78 is 5.08. The van der Waals surface area contributed by atoms with Gasteiger partial charge in [0, 0.05) is 0 Å². The fourth-order valence-electron chi connectivity index (χ4n) is 1.68. The number of nitrogens with zero attached hydrogens (tertiary/aromatic N) is 1. The second-order valence-electron chi connectivity index (χ2n) is 4.01. The Morgan fingerprint density at radius 3 is 2.78 bits per heavy atom. The highest BCUT2D eigenvalue weighted by Gasteiger charge is 2.12. The zero-order valence-electron chi connectivity index (χ0n) is 10.2. The van der Waals surface area contributed by atoms with Crippen molar-refractivity contribution >= 4 is 11.6 Å². The lowest BCUT2D eigenvalue weighted by atomic mass is 10.1. The van der Waals surface area contributed by atoms with Crippen molar-refractivity contribution in [2.75, 3.05) is 5.32 Å². The summed E-state index contributed by atoms with van der Waals surface area (Å²) in [6.07, 6.45) is 1.40. The first-order valence-electron chi connectivity index (χ1n) is 5.48. The van der Waals surface area contributed by atoms with Gasteiger partial charge in [0.15, 0.2) is 0 Å². The van der Waals surface area contributed by atoms with Crippen LogP contribution in [0.25, 0.3) is 0 Å². The average molecular weight is 240 g/mol. The molecule has 0 fully saturated rings. The average Bonchev–Trinajstić information content (AvgIpc) is 2.76. The van der Waals surface area contributed by atoms with Gasteiger partial charge in [0.05, 0.1) is 16.8 Å². The number of nitriles is 1. The van der Waals surface area contributed by atoms with E-state index < -0.39 is 0 Å². The fourth-order valence-corrected chi connectivity index (χ4v) is 1.68. The first kappa shape index (κ1) is 11.9. The highest BCUT2D eigenvalue weighted by Crippen LogP contribution is 2.19. The highest BCUT2D eigenvalue weighted by atomic mass is 16.3. The molecule has 90 valence electrons. The van der Waals surface area contributed by atoms with Gasteiger partial charge in [-0.3, -0.25) is 4.79 Å². The summed E-state index contributed by atoms with van der Waals surface area (Å²) in [5, 5.41) is 11.8. The summed E-state index contributed by atoms with van der Waals surface area (Å²) in [5.74, 6) is 0.388. The Hall–Kier alpha value is -2.54. The zero-order chi connectivity index (χ0) is 13.1. The Labute approximate surface area is 105 Å². The maximum atomic E-state index is 11.9. The predicted molar refractivity (Wildman–Crippen MR) is 67.3 cm³/mol. The SMILES string of the molecule is Cc1cc(C(=O)Nc2cccc(C)c2C#N)co1. The van der Waals surface area contributed by atoms with Crippen molar-refractivity contribution < 1.29 is 9.21 Å². The molecule has 0 atom stereocenters. The van der Waals surface area contributed by atoms with E-state index in [1.165, 1.54) is 6.26 Å². The van der Waals surface area contributed by atoms with Crippen molar-refractivity contribution in [1.82, 2.24) is 0 Å². The third kappa shape index (κ3) is 2.25. The van der Waals surface area contributed by atoms with Crippen LogP contribution in [0.4, 0.5) is 5.69 Å². The van der Waals surface area contributed by atoms with E-state index in [1.807, 2.05) is 13.0 Å². The summed E-state index contributed by atoms with van der Waals surface area (Å²) in [5.41, 5.74) is 2.27. The number of aryl methyl sites for hydroxylation is 2. The van der Waals surface area contributed by atoms with Gasteiger partial charge in [0.2, 0.25) is 0 Å². The standard InChI is InChI=1S/C14H12N2O2/c1-9-4-3-5-13(12(9)7-15)16-14(17)11-6-10(2)18-8-11/h3-6,8H,1-2H3,(H,16,17). The molecule has 0 unspecified atom stereocenters. The molecule has 0 bridgehead atoms. The van der Waals surface area contributed by atoms with Crippen LogP contribution in [0.2, 0.25) is 0 Å². The van der Waals surface area contributed by atoms with Crippen LogP contribution in [-0.2, 0) is 0 Å². The molecule has 0 aliphatic carbocycles. The molecule has 0 saturated heterocycles. The van der Waals surface area contributed by atoms with E-state index >= 15 is 0 Å². The van der Waals surface area contributed by atoms with Crippen molar-refractivity contribution in [3.63, 3.8) is 0 Å². The number of furan rings is 1. The van der Waals surface area contributed by atoms with Crippen LogP contribution in [0.15, 0.2) is 34.9 Å². The van der Waals surface area contributed by atoms with E-state index in [0.717, 1.165) is 5.56 Å². The Morgan fingerprint density at radius 2 is 2.17 bits per heavy atom. The lowest BCUT2D eigenvalue weighted by Gasteiger charge is -2.07. The number of anilines is 1. The fraction of sp³-hybridized carbons (Fsp3) is 0.143. The van der Waals surface area contributed by atoms with Gasteiger partial charge in [-0.15, -0.1) is 0 Å². The minimum Gasteiger partial charge on any atom is -0.469 e. The molecule has 18 heavy (non-hydrogen) atoms. The molecule has 2 rings (SSSR count). The molecule has 1 aromatic carbocycles. The molecule has 0 saturated carbocycles. The van der Waals surface area contributed by atoms with Crippen molar-refractivity contribution in [3.8, 4) is 6.07 Å². The Kier molecular flexibility index (Phi) is 3.16. The van der Waals surface area contributed by atoms with Crippen molar-refractivity contribution in [2.45, 2.75) is 13.8 Å². The molecule has 1 heterocycles. The molecule has 0 radical (unpaired) electrons. The van der Waals surface area contributed by atoms with E-state index in [4.69, 9.17) is 9.68 Å². The summed E-state index contributed by atoms with van der Waals surface area (Å²) in [7, 11) is 0. The summed E-state index contributed by atoms with van der Waals surface area (Å²) >= 11 is 0. The van der Waals surface area contributed by atoms with Crippen molar-refractivity contribution in [1.29, 1.82) is 5.26 Å². The maximum Gasteiger partial charge on any atom is 0.258 e. The largest absolute Gasteiger partial charge is 0.469 e. The van der Waals surface area contributed by atoms with Crippen LogP contribution in [0.5, 0.6) is 0 Å². The maximum absolute atomic E-state index is 11.9. The number of hydrogen-bond donors (Lipinski definition) is 1. The minimum atomic E-state index is -0.283. The highest BCUT2D eigenvalue weighted by molar-refractivity contribution is 6.04. The summed E-state index contributed by atoms with van der Waals surface area (Å²) in [6, 6.07) is 9.07. The Morgan fingerprint density at radius 1 is 1.39 bits per heavy atom. The normalized spacial score (nSPS) is 9.83. The second-order valence-corrected chi connectivity index (χ2v) is 4.01. The number of rotatable bonds is 2. The number of benzene rings is 1. The van der Waals surface area contributed by atoms with Crippen molar-refractivity contribution in [3.05, 3.63) is 53.0 Å². The molecule has 1 amide bonds. The lowest BCUT2D eigenvalue weighted by Crippen LogP contribution is -2.12. The van der Waals surface area contributed by atoms with Crippen molar-refractivity contribution in [2.24, 2.45) is 0 Å². The third-order valence-electron chi connectivity index (χ3n) is 2.63. The van der Waals surface area contributed by atoms with E-state index in [0.29, 0.717) is 22.6 Å². The number of hydrogen-bond acceptors (Lipinski definition) is 3. The van der Waals surface area contributed by atoms with E-state index in [-0.39, 0.29) is 5.91 Å². The quantitative estimate of drug-likeness (QED) is 0.877. The van der Waals surface area contributed by atoms with Gasteiger partial charge in [-0.05, 0) is 31.5 Å². The van der Waals surface area contributed by atoms with E-state index in [9.17, 15) is 4.79 Å². The van der Waals surface area contributed by atoms with Crippen LogP contribution < -0.4 is 5.32 Å². The number of carbonyl (C=O) groups excluding carboxylic acids is 1. The van der Waals surface area contributed by atoms with Gasteiger partial charge < -0.3 is 9.73 Å². The Bertz CT molecular complexity index is 635. The summed E-state index contributed by atoms with van der Waals surface area (Å²) in [6.45, 7) is 3.60. The molecule has 4 nitrogen and oxygen atoms in total. The topological polar surface area (TPSA) is 66.0 Å². The molecule has 1 aromatic heterocycles. The van der Waals surface area contributed by atoms with Gasteiger partial charge in [-0.2, -0.15) is 5.26 Å². The van der Waals surface area contributed by atoms with Gasteiger partial charge in [0.25, 0.3) is 5.91 Å².